The van der Waals surface area contributed by atoms with Crippen LogP contribution in [0.5, 0.6) is 0 Å². The molecule has 0 radical (unpaired) electrons. The number of anilines is 2. The first-order chi connectivity index (χ1) is 11.5. The average Bonchev–Trinajstić information content (AvgIpc) is 3.04. The van der Waals surface area contributed by atoms with Crippen LogP contribution in [-0.2, 0) is 4.79 Å². The Hall–Kier alpha value is -2.87. The summed E-state index contributed by atoms with van der Waals surface area (Å²) >= 11 is 1.43. The van der Waals surface area contributed by atoms with Gasteiger partial charge >= 0.3 is 6.03 Å². The fraction of sp³-hybridized carbons (Fsp3) is 0.188. The van der Waals surface area contributed by atoms with Gasteiger partial charge in [-0.05, 0) is 41.8 Å². The van der Waals surface area contributed by atoms with Crippen LogP contribution in [0.25, 0.3) is 0 Å². The molecular weight excluding hydrogens is 328 g/mol. The van der Waals surface area contributed by atoms with Gasteiger partial charge in [0.2, 0.25) is 5.91 Å². The first-order valence-corrected chi connectivity index (χ1v) is 8.17. The standard InChI is InChI=1S/C16H18N4O3S/c1-11(21)19-13-6-4-12(5-7-13)15(22)17-8-9-18-16(23)20-14-3-2-10-24-14/h2-7,10H,8-9H2,1H3,(H,17,22)(H,19,21)(H2,18,20,23). The lowest BCUT2D eigenvalue weighted by molar-refractivity contribution is -0.114. The molecule has 0 fully saturated rings. The lowest BCUT2D eigenvalue weighted by Crippen LogP contribution is -2.36. The lowest BCUT2D eigenvalue weighted by atomic mass is 10.2. The second-order valence-corrected chi connectivity index (χ2v) is 5.82. The highest BCUT2D eigenvalue weighted by molar-refractivity contribution is 7.14. The molecule has 1 aromatic carbocycles. The molecule has 2 aromatic rings. The Kier molecular flexibility index (Phi) is 6.32. The van der Waals surface area contributed by atoms with Gasteiger partial charge in [-0.2, -0.15) is 0 Å². The summed E-state index contributed by atoms with van der Waals surface area (Å²) in [5.41, 5.74) is 1.11. The predicted octanol–water partition coefficient (Wildman–Crippen LogP) is 2.26. The number of hydrogen-bond donors (Lipinski definition) is 4. The van der Waals surface area contributed by atoms with Crippen molar-refractivity contribution >= 4 is 39.9 Å². The summed E-state index contributed by atoms with van der Waals surface area (Å²) < 4.78 is 0. The van der Waals surface area contributed by atoms with Crippen molar-refractivity contribution in [3.8, 4) is 0 Å². The molecule has 2 rings (SSSR count). The molecular formula is C16H18N4O3S. The summed E-state index contributed by atoms with van der Waals surface area (Å²) in [6.45, 7) is 2.04. The molecule has 4 N–H and O–H groups in total. The number of carbonyl (C=O) groups excluding carboxylic acids is 3. The highest BCUT2D eigenvalue weighted by atomic mass is 32.1. The van der Waals surface area contributed by atoms with Crippen molar-refractivity contribution in [2.24, 2.45) is 0 Å². The molecule has 0 aliphatic carbocycles. The Labute approximate surface area is 143 Å². The van der Waals surface area contributed by atoms with E-state index in [1.54, 1.807) is 30.3 Å². The zero-order valence-electron chi connectivity index (χ0n) is 13.1. The Morgan fingerprint density at radius 1 is 0.958 bits per heavy atom. The van der Waals surface area contributed by atoms with Gasteiger partial charge in [0.1, 0.15) is 0 Å². The number of thiophene rings is 1. The summed E-state index contributed by atoms with van der Waals surface area (Å²) in [6, 6.07) is 9.89. The van der Waals surface area contributed by atoms with Crippen LogP contribution in [-0.4, -0.2) is 30.9 Å². The quantitative estimate of drug-likeness (QED) is 0.604. The van der Waals surface area contributed by atoms with Crippen molar-refractivity contribution in [1.29, 1.82) is 0 Å². The normalized spacial score (nSPS) is 9.88. The van der Waals surface area contributed by atoms with Gasteiger partial charge in [0.15, 0.2) is 0 Å². The zero-order chi connectivity index (χ0) is 17.4. The summed E-state index contributed by atoms with van der Waals surface area (Å²) in [5, 5.41) is 13.3. The molecule has 0 spiro atoms. The average molecular weight is 346 g/mol. The molecule has 1 aromatic heterocycles. The summed E-state index contributed by atoms with van der Waals surface area (Å²) in [4.78, 5) is 34.5. The minimum absolute atomic E-state index is 0.167. The van der Waals surface area contributed by atoms with Crippen molar-refractivity contribution in [2.45, 2.75) is 6.92 Å². The third-order valence-corrected chi connectivity index (χ3v) is 3.71. The van der Waals surface area contributed by atoms with E-state index in [4.69, 9.17) is 0 Å². The van der Waals surface area contributed by atoms with Crippen molar-refractivity contribution in [3.63, 3.8) is 0 Å². The van der Waals surface area contributed by atoms with E-state index in [2.05, 4.69) is 21.3 Å². The highest BCUT2D eigenvalue weighted by Gasteiger charge is 2.06. The predicted molar refractivity (Wildman–Crippen MR) is 94.4 cm³/mol. The SMILES string of the molecule is CC(=O)Nc1ccc(C(=O)NCCNC(=O)Nc2cccs2)cc1. The molecule has 0 atom stereocenters. The van der Waals surface area contributed by atoms with Crippen LogP contribution in [0.1, 0.15) is 17.3 Å². The topological polar surface area (TPSA) is 99.3 Å². The Bertz CT molecular complexity index is 699. The second-order valence-electron chi connectivity index (χ2n) is 4.87. The number of rotatable bonds is 6. The van der Waals surface area contributed by atoms with E-state index in [0.29, 0.717) is 24.3 Å². The second kappa shape index (κ2) is 8.68. The van der Waals surface area contributed by atoms with Crippen LogP contribution in [0.2, 0.25) is 0 Å². The molecule has 0 saturated heterocycles. The first-order valence-electron chi connectivity index (χ1n) is 7.29. The van der Waals surface area contributed by atoms with E-state index < -0.39 is 0 Å². The molecule has 1 heterocycles. The third kappa shape index (κ3) is 5.73. The Morgan fingerprint density at radius 2 is 1.67 bits per heavy atom. The highest BCUT2D eigenvalue weighted by Crippen LogP contribution is 2.14. The number of amides is 4. The zero-order valence-corrected chi connectivity index (χ0v) is 13.9. The van der Waals surface area contributed by atoms with Gasteiger partial charge in [0.25, 0.3) is 5.91 Å². The molecule has 7 nitrogen and oxygen atoms in total. The molecule has 0 unspecified atom stereocenters. The maximum atomic E-state index is 12.0. The first kappa shape index (κ1) is 17.5. The van der Waals surface area contributed by atoms with Crippen LogP contribution in [0.4, 0.5) is 15.5 Å². The maximum absolute atomic E-state index is 12.0. The maximum Gasteiger partial charge on any atom is 0.319 e. The fourth-order valence-corrected chi connectivity index (χ4v) is 2.48. The number of benzene rings is 1. The molecule has 0 aliphatic rings. The van der Waals surface area contributed by atoms with E-state index in [9.17, 15) is 14.4 Å². The van der Waals surface area contributed by atoms with Crippen molar-refractivity contribution in [2.75, 3.05) is 23.7 Å². The van der Waals surface area contributed by atoms with E-state index in [1.165, 1.54) is 18.3 Å². The molecule has 4 amide bonds. The number of carbonyl (C=O) groups is 3. The monoisotopic (exact) mass is 346 g/mol. The van der Waals surface area contributed by atoms with Gasteiger partial charge in [-0.15, -0.1) is 11.3 Å². The van der Waals surface area contributed by atoms with E-state index >= 15 is 0 Å². The van der Waals surface area contributed by atoms with Crippen LogP contribution in [0, 0.1) is 0 Å². The number of urea groups is 1. The van der Waals surface area contributed by atoms with Crippen LogP contribution in [0.3, 0.4) is 0 Å². The number of hydrogen-bond acceptors (Lipinski definition) is 4. The van der Waals surface area contributed by atoms with Crippen LogP contribution < -0.4 is 21.3 Å². The van der Waals surface area contributed by atoms with Gasteiger partial charge in [0.05, 0.1) is 5.00 Å². The summed E-state index contributed by atoms with van der Waals surface area (Å²) in [5.74, 6) is -0.413. The van der Waals surface area contributed by atoms with Crippen molar-refractivity contribution in [3.05, 3.63) is 47.3 Å². The van der Waals surface area contributed by atoms with Gasteiger partial charge in [-0.25, -0.2) is 4.79 Å². The van der Waals surface area contributed by atoms with Gasteiger partial charge in [-0.3, -0.25) is 14.9 Å². The smallest absolute Gasteiger partial charge is 0.319 e. The van der Waals surface area contributed by atoms with Crippen molar-refractivity contribution < 1.29 is 14.4 Å². The molecule has 0 bridgehead atoms. The van der Waals surface area contributed by atoms with Gasteiger partial charge < -0.3 is 16.0 Å². The molecule has 8 heteroatoms. The molecule has 0 aliphatic heterocycles. The molecule has 126 valence electrons. The molecule has 0 saturated carbocycles. The van der Waals surface area contributed by atoms with E-state index in [0.717, 1.165) is 5.00 Å². The fourth-order valence-electron chi connectivity index (χ4n) is 1.87. The number of nitrogens with one attached hydrogen (secondary N) is 4. The van der Waals surface area contributed by atoms with Gasteiger partial charge in [0, 0.05) is 31.3 Å². The van der Waals surface area contributed by atoms with Crippen LogP contribution in [0.15, 0.2) is 41.8 Å². The lowest BCUT2D eigenvalue weighted by Gasteiger charge is -2.08. The molecule has 24 heavy (non-hydrogen) atoms. The van der Waals surface area contributed by atoms with E-state index in [1.807, 2.05) is 11.4 Å². The third-order valence-electron chi connectivity index (χ3n) is 2.92. The van der Waals surface area contributed by atoms with Crippen molar-refractivity contribution in [1.82, 2.24) is 10.6 Å². The minimum atomic E-state index is -0.314. The summed E-state index contributed by atoms with van der Waals surface area (Å²) in [6.07, 6.45) is 0. The Balaban J connectivity index is 1.69. The van der Waals surface area contributed by atoms with E-state index in [-0.39, 0.29) is 17.8 Å². The van der Waals surface area contributed by atoms with Gasteiger partial charge in [-0.1, -0.05) is 0 Å². The minimum Gasteiger partial charge on any atom is -0.350 e. The largest absolute Gasteiger partial charge is 0.350 e. The van der Waals surface area contributed by atoms with Crippen LogP contribution >= 0.6 is 11.3 Å². The Morgan fingerprint density at radius 3 is 2.29 bits per heavy atom. The summed E-state index contributed by atoms with van der Waals surface area (Å²) in [7, 11) is 0.